The molecule has 9 nitrogen and oxygen atoms in total. The second-order valence-corrected chi connectivity index (χ2v) is 9.25. The van der Waals surface area contributed by atoms with E-state index in [2.05, 4.69) is 22.4 Å². The van der Waals surface area contributed by atoms with Gasteiger partial charge in [-0.3, -0.25) is 10.1 Å². The smallest absolute Gasteiger partial charge is 0.274 e. The second kappa shape index (κ2) is 8.46. The molecule has 0 unspecified atom stereocenters. The number of aryl methyl sites for hydroxylation is 2. The molecule has 1 N–H and O–H groups in total. The first-order valence-corrected chi connectivity index (χ1v) is 11.1. The summed E-state index contributed by atoms with van der Waals surface area (Å²) in [5.74, 6) is -0.417. The Balaban J connectivity index is 1.73. The molecule has 0 radical (unpaired) electrons. The minimum atomic E-state index is -3.65. The fourth-order valence-corrected chi connectivity index (χ4v) is 4.99. The van der Waals surface area contributed by atoms with Crippen LogP contribution in [0.1, 0.15) is 35.3 Å². The average molecular weight is 414 g/mol. The van der Waals surface area contributed by atoms with Crippen LogP contribution in [0, 0.1) is 0 Å². The van der Waals surface area contributed by atoms with E-state index in [9.17, 15) is 13.2 Å². The lowest BCUT2D eigenvalue weighted by atomic mass is 10.3. The largest absolute Gasteiger partial charge is 0.379 e. The quantitative estimate of drug-likeness (QED) is 0.737. The molecule has 0 atom stereocenters. The van der Waals surface area contributed by atoms with Gasteiger partial charge in [0.05, 0.1) is 13.2 Å². The van der Waals surface area contributed by atoms with Crippen molar-refractivity contribution >= 4 is 32.4 Å². The molecule has 0 bridgehead atoms. The Kier molecular flexibility index (Phi) is 6.25. The molecule has 1 saturated heterocycles. The minimum absolute atomic E-state index is 0.0953. The van der Waals surface area contributed by atoms with Gasteiger partial charge in [0.1, 0.15) is 15.6 Å². The highest BCUT2D eigenvalue weighted by Gasteiger charge is 2.29. The van der Waals surface area contributed by atoms with Gasteiger partial charge < -0.3 is 9.30 Å². The highest BCUT2D eigenvalue weighted by molar-refractivity contribution is 7.89. The van der Waals surface area contributed by atoms with Crippen LogP contribution in [0.25, 0.3) is 0 Å². The fraction of sp³-hybridized carbons (Fsp3) is 0.562. The van der Waals surface area contributed by atoms with Gasteiger partial charge in [0.25, 0.3) is 5.91 Å². The number of amides is 1. The Bertz CT molecular complexity index is 900. The second-order valence-electron chi connectivity index (χ2n) is 6.25. The zero-order chi connectivity index (χ0) is 19.4. The van der Waals surface area contributed by atoms with Crippen molar-refractivity contribution in [3.05, 3.63) is 23.0 Å². The molecule has 2 aromatic rings. The number of carbonyl (C=O) groups is 1. The summed E-state index contributed by atoms with van der Waals surface area (Å²) in [5, 5.41) is 12.0. The Morgan fingerprint density at radius 3 is 2.78 bits per heavy atom. The average Bonchev–Trinajstić information content (AvgIpc) is 3.27. The molecule has 148 valence electrons. The van der Waals surface area contributed by atoms with E-state index >= 15 is 0 Å². The predicted octanol–water partition coefficient (Wildman–Crippen LogP) is 1.49. The molecule has 3 heterocycles. The lowest BCUT2D eigenvalue weighted by Crippen LogP contribution is -2.40. The normalized spacial score (nSPS) is 15.8. The van der Waals surface area contributed by atoms with Crippen LogP contribution in [0.4, 0.5) is 5.13 Å². The van der Waals surface area contributed by atoms with Gasteiger partial charge in [0, 0.05) is 32.8 Å². The number of morpholine rings is 1. The van der Waals surface area contributed by atoms with Crippen molar-refractivity contribution in [2.24, 2.45) is 7.05 Å². The number of hydrogen-bond acceptors (Lipinski definition) is 7. The molecule has 1 amide bonds. The van der Waals surface area contributed by atoms with Gasteiger partial charge in [-0.05, 0) is 12.5 Å². The molecule has 11 heteroatoms. The third kappa shape index (κ3) is 4.54. The maximum Gasteiger partial charge on any atom is 0.274 e. The van der Waals surface area contributed by atoms with E-state index in [0.717, 1.165) is 24.3 Å². The van der Waals surface area contributed by atoms with E-state index in [0.29, 0.717) is 31.4 Å². The molecule has 0 saturated carbocycles. The number of sulfonamides is 1. The maximum atomic E-state index is 12.7. The SMILES string of the molecule is CCCCc1nnc(NC(=O)c2cc(S(=O)(=O)N3CCOCC3)cn2C)s1. The number of anilines is 1. The summed E-state index contributed by atoms with van der Waals surface area (Å²) >= 11 is 1.33. The minimum Gasteiger partial charge on any atom is -0.379 e. The van der Waals surface area contributed by atoms with Crippen LogP contribution >= 0.6 is 11.3 Å². The van der Waals surface area contributed by atoms with Crippen molar-refractivity contribution in [1.29, 1.82) is 0 Å². The molecular formula is C16H23N5O4S2. The summed E-state index contributed by atoms with van der Waals surface area (Å²) < 4.78 is 33.6. The molecule has 0 aliphatic carbocycles. The standard InChI is InChI=1S/C16H23N5O4S2/c1-3-4-5-14-18-19-16(26-14)17-15(22)13-10-12(11-20(13)2)27(23,24)21-6-8-25-9-7-21/h10-11H,3-9H2,1-2H3,(H,17,19,22). The topological polar surface area (TPSA) is 106 Å². The molecule has 2 aromatic heterocycles. The summed E-state index contributed by atoms with van der Waals surface area (Å²) in [5.41, 5.74) is 0.243. The van der Waals surface area contributed by atoms with Gasteiger partial charge in [0.2, 0.25) is 15.2 Å². The van der Waals surface area contributed by atoms with Crippen molar-refractivity contribution in [1.82, 2.24) is 19.1 Å². The van der Waals surface area contributed by atoms with E-state index in [4.69, 9.17) is 4.74 Å². The number of aromatic nitrogens is 3. The Labute approximate surface area is 162 Å². The van der Waals surface area contributed by atoms with Gasteiger partial charge in [-0.2, -0.15) is 4.31 Å². The zero-order valence-corrected chi connectivity index (χ0v) is 17.0. The number of hydrogen-bond donors (Lipinski definition) is 1. The first-order valence-electron chi connectivity index (χ1n) is 8.80. The number of unbranched alkanes of at least 4 members (excludes halogenated alkanes) is 1. The Morgan fingerprint density at radius 1 is 1.33 bits per heavy atom. The van der Waals surface area contributed by atoms with E-state index in [1.54, 1.807) is 7.05 Å². The highest BCUT2D eigenvalue weighted by atomic mass is 32.2. The van der Waals surface area contributed by atoms with Crippen LogP contribution in [-0.4, -0.2) is 59.7 Å². The highest BCUT2D eigenvalue weighted by Crippen LogP contribution is 2.22. The van der Waals surface area contributed by atoms with Crippen molar-refractivity contribution in [3.63, 3.8) is 0 Å². The van der Waals surface area contributed by atoms with Crippen molar-refractivity contribution < 1.29 is 17.9 Å². The first kappa shape index (κ1) is 19.9. The summed E-state index contributed by atoms with van der Waals surface area (Å²) in [6.45, 7) is 3.46. The lowest BCUT2D eigenvalue weighted by molar-refractivity contribution is 0.0730. The molecular weight excluding hydrogens is 390 g/mol. The molecule has 0 aromatic carbocycles. The number of ether oxygens (including phenoxy) is 1. The van der Waals surface area contributed by atoms with Crippen LogP contribution in [0.3, 0.4) is 0 Å². The van der Waals surface area contributed by atoms with E-state index < -0.39 is 15.9 Å². The molecule has 3 rings (SSSR count). The Morgan fingerprint density at radius 2 is 2.07 bits per heavy atom. The predicted molar refractivity (Wildman–Crippen MR) is 101 cm³/mol. The van der Waals surface area contributed by atoms with Gasteiger partial charge in [-0.25, -0.2) is 8.42 Å². The fourth-order valence-electron chi connectivity index (χ4n) is 2.73. The number of carbonyl (C=O) groups excluding carboxylic acids is 1. The molecule has 27 heavy (non-hydrogen) atoms. The summed E-state index contributed by atoms with van der Waals surface area (Å²) in [6, 6.07) is 1.39. The summed E-state index contributed by atoms with van der Waals surface area (Å²) in [7, 11) is -2.01. The third-order valence-electron chi connectivity index (χ3n) is 4.25. The van der Waals surface area contributed by atoms with Crippen LogP contribution in [0.2, 0.25) is 0 Å². The van der Waals surface area contributed by atoms with E-state index in [1.807, 2.05) is 0 Å². The van der Waals surface area contributed by atoms with Gasteiger partial charge in [-0.1, -0.05) is 24.7 Å². The Hall–Kier alpha value is -1.82. The third-order valence-corrected chi connectivity index (χ3v) is 7.01. The van der Waals surface area contributed by atoms with E-state index in [-0.39, 0.29) is 10.6 Å². The van der Waals surface area contributed by atoms with Gasteiger partial charge in [-0.15, -0.1) is 10.2 Å². The summed E-state index contributed by atoms with van der Waals surface area (Å²) in [4.78, 5) is 12.6. The molecule has 1 fully saturated rings. The monoisotopic (exact) mass is 413 g/mol. The molecule has 1 aliphatic rings. The lowest BCUT2D eigenvalue weighted by Gasteiger charge is -2.25. The summed E-state index contributed by atoms with van der Waals surface area (Å²) in [6.07, 6.45) is 4.36. The van der Waals surface area contributed by atoms with Crippen molar-refractivity contribution in [3.8, 4) is 0 Å². The van der Waals surface area contributed by atoms with E-state index in [1.165, 1.54) is 32.5 Å². The number of nitrogens with zero attached hydrogens (tertiary/aromatic N) is 4. The van der Waals surface area contributed by atoms with Crippen LogP contribution in [0.15, 0.2) is 17.2 Å². The van der Waals surface area contributed by atoms with Crippen LogP contribution in [0.5, 0.6) is 0 Å². The van der Waals surface area contributed by atoms with Gasteiger partial charge >= 0.3 is 0 Å². The first-order chi connectivity index (χ1) is 12.9. The maximum absolute atomic E-state index is 12.7. The zero-order valence-electron chi connectivity index (χ0n) is 15.3. The van der Waals surface area contributed by atoms with Crippen molar-refractivity contribution in [2.45, 2.75) is 31.1 Å². The van der Waals surface area contributed by atoms with Crippen molar-refractivity contribution in [2.75, 3.05) is 31.6 Å². The van der Waals surface area contributed by atoms with Crippen LogP contribution in [-0.2, 0) is 28.2 Å². The molecule has 0 spiro atoms. The van der Waals surface area contributed by atoms with Crippen LogP contribution < -0.4 is 5.32 Å². The number of rotatable bonds is 7. The molecule has 1 aliphatic heterocycles. The number of nitrogens with one attached hydrogen (secondary N) is 1. The van der Waals surface area contributed by atoms with Gasteiger partial charge in [0.15, 0.2) is 0 Å².